The summed E-state index contributed by atoms with van der Waals surface area (Å²) < 4.78 is 20.1. The van der Waals surface area contributed by atoms with Gasteiger partial charge in [-0.05, 0) is 93.2 Å². The Hall–Kier alpha value is -2.42. The highest BCUT2D eigenvalue weighted by Crippen LogP contribution is 2.27. The molecule has 1 N–H and O–H groups in total. The fourth-order valence-electron chi connectivity index (χ4n) is 5.00. The van der Waals surface area contributed by atoms with Crippen LogP contribution in [0.1, 0.15) is 44.2 Å². The van der Waals surface area contributed by atoms with Crippen molar-refractivity contribution in [1.82, 2.24) is 9.21 Å². The number of nitrogens with one attached hydrogen (secondary N) is 1. The second-order valence-corrected chi connectivity index (χ2v) is 11.5. The summed E-state index contributed by atoms with van der Waals surface area (Å²) in [6, 6.07) is 11.9. The minimum absolute atomic E-state index is 0.0861. The number of carbonyl (C=O) groups excluding carboxylic acids is 1. The minimum atomic E-state index is -1.35. The number of hydrogen-bond acceptors (Lipinski definition) is 5. The van der Waals surface area contributed by atoms with Crippen molar-refractivity contribution in [2.24, 2.45) is 5.92 Å². The predicted molar refractivity (Wildman–Crippen MR) is 154 cm³/mol. The molecule has 1 saturated heterocycles. The molecule has 8 heteroatoms. The molecule has 7 nitrogen and oxygen atoms in total. The Morgan fingerprint density at radius 3 is 2.22 bits per heavy atom. The fourth-order valence-corrected chi connectivity index (χ4v) is 6.24. The van der Waals surface area contributed by atoms with Crippen LogP contribution in [0.15, 0.2) is 41.3 Å². The second kappa shape index (κ2) is 13.9. The van der Waals surface area contributed by atoms with Gasteiger partial charge in [-0.3, -0.25) is 4.79 Å². The molecule has 0 aliphatic carbocycles. The molecule has 1 fully saturated rings. The third-order valence-electron chi connectivity index (χ3n) is 7.32. The average molecular weight is 529 g/mol. The Kier molecular flexibility index (Phi) is 11.0. The molecular formula is C29H44N4O3S. The molecule has 2 aromatic carbocycles. The van der Waals surface area contributed by atoms with Crippen LogP contribution in [0.3, 0.4) is 0 Å². The monoisotopic (exact) mass is 528 g/mol. The average Bonchev–Trinajstić information content (AvgIpc) is 2.90. The van der Waals surface area contributed by atoms with Crippen LogP contribution in [0.5, 0.6) is 5.75 Å². The van der Waals surface area contributed by atoms with Gasteiger partial charge < -0.3 is 19.9 Å². The first-order valence-corrected chi connectivity index (χ1v) is 14.5. The van der Waals surface area contributed by atoms with E-state index in [0.717, 1.165) is 59.6 Å². The van der Waals surface area contributed by atoms with Gasteiger partial charge in [-0.15, -0.1) is 0 Å². The minimum Gasteiger partial charge on any atom is -0.497 e. The van der Waals surface area contributed by atoms with Gasteiger partial charge in [0.25, 0.3) is 0 Å². The summed E-state index contributed by atoms with van der Waals surface area (Å²) in [6.07, 6.45) is 2.71. The number of piperidine rings is 1. The first-order chi connectivity index (χ1) is 17.7. The third-order valence-corrected chi connectivity index (χ3v) is 9.06. The van der Waals surface area contributed by atoms with Crippen LogP contribution in [-0.2, 0) is 15.8 Å². The molecule has 0 bridgehead atoms. The molecule has 1 amide bonds. The molecule has 1 atom stereocenters. The summed E-state index contributed by atoms with van der Waals surface area (Å²) in [5, 5.41) is 2.98. The lowest BCUT2D eigenvalue weighted by Gasteiger charge is -2.35. The topological polar surface area (TPSA) is 65.1 Å². The smallest absolute Gasteiger partial charge is 0.225 e. The van der Waals surface area contributed by atoms with Crippen LogP contribution < -0.4 is 15.0 Å². The Morgan fingerprint density at radius 1 is 1.08 bits per heavy atom. The van der Waals surface area contributed by atoms with Gasteiger partial charge >= 0.3 is 0 Å². The predicted octanol–water partition coefficient (Wildman–Crippen LogP) is 4.85. The van der Waals surface area contributed by atoms with Crippen LogP contribution in [0.25, 0.3) is 0 Å². The first-order valence-electron chi connectivity index (χ1n) is 13.4. The Bertz CT molecular complexity index is 1020. The summed E-state index contributed by atoms with van der Waals surface area (Å²) in [6.45, 7) is 14.3. The largest absolute Gasteiger partial charge is 0.497 e. The summed E-state index contributed by atoms with van der Waals surface area (Å²) in [5.74, 6) is 1.44. The van der Waals surface area contributed by atoms with Gasteiger partial charge in [0.15, 0.2) is 0 Å². The Labute approximate surface area is 225 Å². The molecule has 3 rings (SSSR count). The molecule has 1 aliphatic rings. The summed E-state index contributed by atoms with van der Waals surface area (Å²) in [7, 11) is 2.06. The Balaban J connectivity index is 1.46. The van der Waals surface area contributed by atoms with Gasteiger partial charge in [0, 0.05) is 51.0 Å². The number of anilines is 2. The van der Waals surface area contributed by atoms with Gasteiger partial charge in [-0.25, -0.2) is 8.51 Å². The molecule has 1 heterocycles. The number of nitrogens with zero attached hydrogens (tertiary/aromatic N) is 3. The van der Waals surface area contributed by atoms with E-state index in [0.29, 0.717) is 6.54 Å². The van der Waals surface area contributed by atoms with Crippen molar-refractivity contribution in [2.45, 2.75) is 51.9 Å². The zero-order valence-corrected chi connectivity index (χ0v) is 24.2. The van der Waals surface area contributed by atoms with E-state index in [4.69, 9.17) is 4.74 Å². The van der Waals surface area contributed by atoms with Crippen molar-refractivity contribution < 1.29 is 13.7 Å². The maximum atomic E-state index is 13.1. The van der Waals surface area contributed by atoms with Crippen LogP contribution in [0, 0.1) is 19.8 Å². The zero-order chi connectivity index (χ0) is 26.9. The van der Waals surface area contributed by atoms with E-state index in [9.17, 15) is 9.00 Å². The maximum Gasteiger partial charge on any atom is 0.225 e. The highest BCUT2D eigenvalue weighted by molar-refractivity contribution is 7.82. The van der Waals surface area contributed by atoms with E-state index in [1.807, 2.05) is 38.1 Å². The van der Waals surface area contributed by atoms with E-state index in [-0.39, 0.29) is 12.3 Å². The van der Waals surface area contributed by atoms with Crippen LogP contribution in [0.2, 0.25) is 0 Å². The van der Waals surface area contributed by atoms with Crippen molar-refractivity contribution in [3.63, 3.8) is 0 Å². The lowest BCUT2D eigenvalue weighted by Crippen LogP contribution is -2.38. The number of rotatable bonds is 12. The van der Waals surface area contributed by atoms with Crippen LogP contribution in [-0.4, -0.2) is 72.7 Å². The van der Waals surface area contributed by atoms with E-state index in [1.54, 1.807) is 18.5 Å². The second-order valence-electron chi connectivity index (χ2n) is 9.95. The summed E-state index contributed by atoms with van der Waals surface area (Å²) in [5.41, 5.74) is 3.83. The molecule has 2 aromatic rings. The summed E-state index contributed by atoms with van der Waals surface area (Å²) in [4.78, 5) is 18.3. The first kappa shape index (κ1) is 29.1. The molecule has 1 unspecified atom stereocenters. The van der Waals surface area contributed by atoms with Crippen molar-refractivity contribution in [2.75, 3.05) is 63.6 Å². The van der Waals surface area contributed by atoms with Gasteiger partial charge in [0.05, 0.1) is 12.0 Å². The lowest BCUT2D eigenvalue weighted by atomic mass is 9.95. The number of aryl methyl sites for hydroxylation is 2. The number of hydrogen-bond donors (Lipinski definition) is 1. The van der Waals surface area contributed by atoms with Gasteiger partial charge in [-0.2, -0.15) is 0 Å². The summed E-state index contributed by atoms with van der Waals surface area (Å²) >= 11 is 0. The van der Waals surface area contributed by atoms with E-state index >= 15 is 0 Å². The number of benzene rings is 2. The van der Waals surface area contributed by atoms with Gasteiger partial charge in [0.1, 0.15) is 16.7 Å². The SMILES string of the molecule is CCN(CC)CC1CCN(c2ccc(NC(=O)CCN(C)S(=O)c3c(C)cc(OC)cc3C)cc2)CC1. The van der Waals surface area contributed by atoms with Crippen molar-refractivity contribution in [3.05, 3.63) is 47.5 Å². The van der Waals surface area contributed by atoms with Gasteiger partial charge in [-0.1, -0.05) is 13.8 Å². The molecule has 204 valence electrons. The van der Waals surface area contributed by atoms with Crippen molar-refractivity contribution >= 4 is 28.3 Å². The highest BCUT2D eigenvalue weighted by Gasteiger charge is 2.21. The molecule has 0 spiro atoms. The molecule has 0 aromatic heterocycles. The van der Waals surface area contributed by atoms with Gasteiger partial charge in [0.2, 0.25) is 5.91 Å². The normalized spacial score (nSPS) is 15.3. The molecule has 37 heavy (non-hydrogen) atoms. The highest BCUT2D eigenvalue weighted by atomic mass is 32.2. The van der Waals surface area contributed by atoms with E-state index in [2.05, 4.69) is 41.1 Å². The van der Waals surface area contributed by atoms with Crippen LogP contribution in [0.4, 0.5) is 11.4 Å². The molecule has 0 saturated carbocycles. The van der Waals surface area contributed by atoms with Crippen molar-refractivity contribution in [3.8, 4) is 5.75 Å². The van der Waals surface area contributed by atoms with Crippen molar-refractivity contribution in [1.29, 1.82) is 0 Å². The third kappa shape index (κ3) is 8.03. The standard InChI is InChI=1S/C29H44N4O3S/c1-7-32(8-2)21-24-13-17-33(18-14-24)26-11-9-25(10-12-26)30-28(34)15-16-31(5)37(35)29-22(3)19-27(36-6)20-23(29)4/h9-12,19-20,24H,7-8,13-18,21H2,1-6H3,(H,30,34). The maximum absolute atomic E-state index is 13.1. The number of carbonyl (C=O) groups is 1. The zero-order valence-electron chi connectivity index (χ0n) is 23.4. The molecule has 0 radical (unpaired) electrons. The lowest BCUT2D eigenvalue weighted by molar-refractivity contribution is -0.116. The molecule has 1 aliphatic heterocycles. The van der Waals surface area contributed by atoms with Crippen LogP contribution >= 0.6 is 0 Å². The quantitative estimate of drug-likeness (QED) is 0.427. The number of methoxy groups -OCH3 is 1. The number of ether oxygens (including phenoxy) is 1. The van der Waals surface area contributed by atoms with E-state index in [1.165, 1.54) is 25.1 Å². The van der Waals surface area contributed by atoms with E-state index < -0.39 is 11.0 Å². The number of amides is 1. The Morgan fingerprint density at radius 2 is 1.68 bits per heavy atom. The fraction of sp³-hybridized carbons (Fsp3) is 0.552. The molecular weight excluding hydrogens is 484 g/mol.